The number of nitrogens with one attached hydrogen (secondary N) is 4. The molecule has 1 aliphatic rings. The van der Waals surface area contributed by atoms with Crippen LogP contribution in [0.15, 0.2) is 47.4 Å². The molecule has 2 amide bonds. The molecule has 0 radical (unpaired) electrons. The number of fused-ring (bicyclic) bond motifs is 1. The molecule has 7 N–H and O–H groups in total. The topological polar surface area (TPSA) is 178 Å². The Bertz CT molecular complexity index is 1220. The van der Waals surface area contributed by atoms with Crippen LogP contribution in [0.5, 0.6) is 0 Å². The van der Waals surface area contributed by atoms with Gasteiger partial charge in [-0.05, 0) is 48.6 Å². The van der Waals surface area contributed by atoms with E-state index in [1.54, 1.807) is 17.0 Å². The third-order valence-corrected chi connectivity index (χ3v) is 8.12. The van der Waals surface area contributed by atoms with Gasteiger partial charge in [-0.3, -0.25) is 15.0 Å². The number of unbranched alkanes of at least 4 members (excludes halogenated alkanes) is 3. The Balaban J connectivity index is 1.49. The Kier molecular flexibility index (Phi) is 10.9. The van der Waals surface area contributed by atoms with Crippen LogP contribution in [0.4, 0.5) is 0 Å². The van der Waals surface area contributed by atoms with E-state index in [2.05, 4.69) is 15.4 Å². The van der Waals surface area contributed by atoms with Crippen LogP contribution in [0.3, 0.4) is 0 Å². The molecule has 1 saturated heterocycles. The number of carbonyl (C=O) groups excluding carboxylic acids is 2. The molecule has 0 bridgehead atoms. The van der Waals surface area contributed by atoms with Crippen LogP contribution in [0.2, 0.25) is 0 Å². The summed E-state index contributed by atoms with van der Waals surface area (Å²) in [6.07, 6.45) is 5.22. The Labute approximate surface area is 223 Å². The van der Waals surface area contributed by atoms with Crippen molar-refractivity contribution in [1.29, 1.82) is 5.41 Å². The molecule has 0 saturated carbocycles. The van der Waals surface area contributed by atoms with E-state index >= 15 is 0 Å². The Hall–Kier alpha value is -3.22. The largest absolute Gasteiger partial charge is 0.394 e. The lowest BCUT2D eigenvalue weighted by molar-refractivity contribution is -0.135. The van der Waals surface area contributed by atoms with Crippen molar-refractivity contribution in [3.63, 3.8) is 0 Å². The third kappa shape index (κ3) is 8.40. The van der Waals surface area contributed by atoms with Crippen molar-refractivity contribution in [3.05, 3.63) is 42.5 Å². The van der Waals surface area contributed by atoms with E-state index in [9.17, 15) is 23.1 Å². The first-order valence-corrected chi connectivity index (χ1v) is 14.5. The van der Waals surface area contributed by atoms with Gasteiger partial charge in [0.25, 0.3) is 0 Å². The lowest BCUT2D eigenvalue weighted by Gasteiger charge is -2.28. The van der Waals surface area contributed by atoms with Gasteiger partial charge in [-0.1, -0.05) is 43.2 Å². The molecular formula is C26H38N6O5S. The summed E-state index contributed by atoms with van der Waals surface area (Å²) >= 11 is 0. The van der Waals surface area contributed by atoms with E-state index in [0.29, 0.717) is 25.9 Å². The van der Waals surface area contributed by atoms with Crippen molar-refractivity contribution in [2.24, 2.45) is 5.73 Å². The highest BCUT2D eigenvalue weighted by Gasteiger charge is 2.35. The van der Waals surface area contributed by atoms with Crippen LogP contribution in [0.25, 0.3) is 10.8 Å². The molecule has 2 aromatic carbocycles. The van der Waals surface area contributed by atoms with Crippen LogP contribution in [-0.4, -0.2) is 74.5 Å². The number of amides is 2. The fourth-order valence-electron chi connectivity index (χ4n) is 4.60. The Morgan fingerprint density at radius 3 is 2.55 bits per heavy atom. The van der Waals surface area contributed by atoms with Gasteiger partial charge in [0, 0.05) is 32.1 Å². The predicted molar refractivity (Wildman–Crippen MR) is 146 cm³/mol. The summed E-state index contributed by atoms with van der Waals surface area (Å²) in [5, 5.41) is 24.3. The monoisotopic (exact) mass is 546 g/mol. The molecule has 1 heterocycles. The highest BCUT2D eigenvalue weighted by Crippen LogP contribution is 2.21. The van der Waals surface area contributed by atoms with Crippen LogP contribution < -0.4 is 21.1 Å². The highest BCUT2D eigenvalue weighted by molar-refractivity contribution is 7.89. The molecule has 0 unspecified atom stereocenters. The van der Waals surface area contributed by atoms with Crippen molar-refractivity contribution in [2.75, 3.05) is 26.2 Å². The molecule has 38 heavy (non-hydrogen) atoms. The summed E-state index contributed by atoms with van der Waals surface area (Å²) in [5.74, 6) is -0.647. The van der Waals surface area contributed by atoms with Gasteiger partial charge in [0.15, 0.2) is 5.96 Å². The molecule has 3 rings (SSSR count). The van der Waals surface area contributed by atoms with Crippen molar-refractivity contribution in [2.45, 2.75) is 61.9 Å². The third-order valence-electron chi connectivity index (χ3n) is 6.65. The van der Waals surface area contributed by atoms with E-state index in [4.69, 9.17) is 11.1 Å². The van der Waals surface area contributed by atoms with E-state index in [1.165, 1.54) is 12.1 Å². The smallest absolute Gasteiger partial charge is 0.243 e. The number of hydrogen-bond donors (Lipinski definition) is 6. The summed E-state index contributed by atoms with van der Waals surface area (Å²) in [4.78, 5) is 27.0. The van der Waals surface area contributed by atoms with Gasteiger partial charge in [-0.2, -0.15) is 4.72 Å². The summed E-state index contributed by atoms with van der Waals surface area (Å²) in [6, 6.07) is 10.5. The second-order valence-corrected chi connectivity index (χ2v) is 11.2. The Morgan fingerprint density at radius 1 is 1.08 bits per heavy atom. The number of carbonyl (C=O) groups is 2. The first-order chi connectivity index (χ1) is 18.2. The van der Waals surface area contributed by atoms with E-state index in [1.807, 2.05) is 18.2 Å². The normalized spacial score (nSPS) is 16.3. The first kappa shape index (κ1) is 29.3. The van der Waals surface area contributed by atoms with Crippen LogP contribution in [-0.2, 0) is 19.6 Å². The van der Waals surface area contributed by atoms with Gasteiger partial charge in [0.1, 0.15) is 6.04 Å². The van der Waals surface area contributed by atoms with E-state index in [0.717, 1.165) is 42.9 Å². The van der Waals surface area contributed by atoms with Crippen LogP contribution >= 0.6 is 0 Å². The summed E-state index contributed by atoms with van der Waals surface area (Å²) < 4.78 is 28.4. The minimum atomic E-state index is -4.05. The predicted octanol–water partition coefficient (Wildman–Crippen LogP) is 1.02. The lowest BCUT2D eigenvalue weighted by Crippen LogP contribution is -2.53. The number of nitrogens with two attached hydrogens (primary N) is 1. The number of rotatable bonds is 14. The Morgan fingerprint density at radius 2 is 1.82 bits per heavy atom. The van der Waals surface area contributed by atoms with Crippen LogP contribution in [0, 0.1) is 5.41 Å². The number of aliphatic hydroxyl groups is 1. The molecule has 1 aliphatic heterocycles. The first-order valence-electron chi connectivity index (χ1n) is 13.0. The van der Waals surface area contributed by atoms with Crippen molar-refractivity contribution >= 4 is 38.6 Å². The number of guanidine groups is 1. The van der Waals surface area contributed by atoms with Gasteiger partial charge < -0.3 is 26.4 Å². The second-order valence-electron chi connectivity index (χ2n) is 9.50. The average Bonchev–Trinajstić information content (AvgIpc) is 3.38. The minimum absolute atomic E-state index is 0.0165. The lowest BCUT2D eigenvalue weighted by atomic mass is 10.1. The minimum Gasteiger partial charge on any atom is -0.394 e. The molecular weight excluding hydrogens is 508 g/mol. The number of likely N-dealkylation sites (tertiary alicyclic amines) is 1. The zero-order valence-corrected chi connectivity index (χ0v) is 22.3. The van der Waals surface area contributed by atoms with Gasteiger partial charge >= 0.3 is 0 Å². The highest BCUT2D eigenvalue weighted by atomic mass is 32.2. The molecule has 0 aliphatic carbocycles. The van der Waals surface area contributed by atoms with Crippen molar-refractivity contribution < 1.29 is 23.1 Å². The SMILES string of the molecule is N=C(N)NCCCCCCC(=O)NC[C@@H]1CCCN1C(=O)[C@H](CO)NS(=O)(=O)c1ccc2ccccc2c1. The molecule has 11 nitrogen and oxygen atoms in total. The molecule has 2 atom stereocenters. The maximum Gasteiger partial charge on any atom is 0.243 e. The molecule has 12 heteroatoms. The van der Waals surface area contributed by atoms with Gasteiger partial charge in [0.2, 0.25) is 21.8 Å². The standard InChI is InChI=1S/C26H38N6O5S/c27-26(28)29-14-6-2-1-3-11-24(34)30-17-21-10-7-15-32(21)25(35)23(18-33)31-38(36,37)22-13-12-19-8-4-5-9-20(19)16-22/h4-5,8-9,12-13,16,21,23,31,33H,1-3,6-7,10-11,14-15,17-18H2,(H,30,34)(H4,27,28,29)/t21-,23-/m0/s1. The summed E-state index contributed by atoms with van der Waals surface area (Å²) in [5.41, 5.74) is 5.23. The maximum atomic E-state index is 13.2. The molecule has 0 spiro atoms. The zero-order chi connectivity index (χ0) is 27.5. The maximum absolute atomic E-state index is 13.2. The number of aliphatic hydroxyl groups excluding tert-OH is 1. The summed E-state index contributed by atoms with van der Waals surface area (Å²) in [6.45, 7) is 0.675. The fourth-order valence-corrected chi connectivity index (χ4v) is 5.82. The quantitative estimate of drug-likeness (QED) is 0.116. The second kappa shape index (κ2) is 14.1. The molecule has 208 valence electrons. The number of hydrogen-bond acceptors (Lipinski definition) is 6. The van der Waals surface area contributed by atoms with E-state index in [-0.39, 0.29) is 29.3 Å². The summed E-state index contributed by atoms with van der Waals surface area (Å²) in [7, 11) is -4.05. The fraction of sp³-hybridized carbons (Fsp3) is 0.500. The van der Waals surface area contributed by atoms with Gasteiger partial charge in [0.05, 0.1) is 11.5 Å². The number of nitrogens with zero attached hydrogens (tertiary/aromatic N) is 1. The van der Waals surface area contributed by atoms with Gasteiger partial charge in [-0.25, -0.2) is 8.42 Å². The number of sulfonamides is 1. The molecule has 1 fully saturated rings. The van der Waals surface area contributed by atoms with Crippen LogP contribution in [0.1, 0.15) is 44.9 Å². The number of benzene rings is 2. The average molecular weight is 547 g/mol. The van der Waals surface area contributed by atoms with E-state index < -0.39 is 28.6 Å². The van der Waals surface area contributed by atoms with Gasteiger partial charge in [-0.15, -0.1) is 0 Å². The zero-order valence-electron chi connectivity index (χ0n) is 21.5. The van der Waals surface area contributed by atoms with Crippen molar-refractivity contribution in [3.8, 4) is 0 Å². The van der Waals surface area contributed by atoms with Crippen molar-refractivity contribution in [1.82, 2.24) is 20.3 Å². The molecule has 2 aromatic rings. The molecule has 0 aromatic heterocycles.